The van der Waals surface area contributed by atoms with Gasteiger partial charge in [0.1, 0.15) is 0 Å². The van der Waals surface area contributed by atoms with Crippen molar-refractivity contribution >= 4 is 11.6 Å². The lowest BCUT2D eigenvalue weighted by molar-refractivity contribution is 0.0992. The largest absolute Gasteiger partial charge is 0.334 e. The maximum Gasteiger partial charge on any atom is 0.261 e. The van der Waals surface area contributed by atoms with E-state index in [9.17, 15) is 4.79 Å². The Hall–Kier alpha value is -3.81. The predicted octanol–water partition coefficient (Wildman–Crippen LogP) is 3.85. The van der Waals surface area contributed by atoms with Crippen LogP contribution in [-0.2, 0) is 6.42 Å². The first kappa shape index (κ1) is 19.5. The summed E-state index contributed by atoms with van der Waals surface area (Å²) in [6, 6.07) is 13.1. The Bertz CT molecular complexity index is 1170. The molecule has 30 heavy (non-hydrogen) atoms. The molecule has 0 saturated carbocycles. The van der Waals surface area contributed by atoms with Gasteiger partial charge in [-0.25, -0.2) is 9.67 Å². The van der Waals surface area contributed by atoms with E-state index in [0.29, 0.717) is 28.8 Å². The summed E-state index contributed by atoms with van der Waals surface area (Å²) in [5, 5.41) is 8.39. The molecule has 0 unspecified atom stereocenters. The molecule has 3 aromatic heterocycles. The van der Waals surface area contributed by atoms with E-state index >= 15 is 0 Å². The van der Waals surface area contributed by atoms with Crippen LogP contribution in [0.5, 0.6) is 0 Å². The van der Waals surface area contributed by atoms with Gasteiger partial charge in [0.25, 0.3) is 11.8 Å². The molecule has 0 aliphatic heterocycles. The highest BCUT2D eigenvalue weighted by molar-refractivity contribution is 6.06. The zero-order chi connectivity index (χ0) is 21.1. The lowest BCUT2D eigenvalue weighted by atomic mass is 10.2. The van der Waals surface area contributed by atoms with Gasteiger partial charge in [0.2, 0.25) is 0 Å². The van der Waals surface area contributed by atoms with E-state index < -0.39 is 0 Å². The molecule has 0 saturated heterocycles. The summed E-state index contributed by atoms with van der Waals surface area (Å²) in [4.78, 5) is 23.4. The van der Waals surface area contributed by atoms with Crippen molar-refractivity contribution in [1.29, 1.82) is 0 Å². The molecule has 0 spiro atoms. The minimum atomic E-state index is -0.137. The highest BCUT2D eigenvalue weighted by Crippen LogP contribution is 2.22. The molecule has 4 rings (SSSR count). The second-order valence-corrected chi connectivity index (χ2v) is 6.92. The third-order valence-corrected chi connectivity index (χ3v) is 4.84. The van der Waals surface area contributed by atoms with Crippen LogP contribution in [0.25, 0.3) is 17.3 Å². The molecule has 1 amide bonds. The highest BCUT2D eigenvalue weighted by Gasteiger charge is 2.20. The van der Waals surface area contributed by atoms with Crippen LogP contribution in [0.2, 0.25) is 0 Å². The number of hydrogen-bond donors (Lipinski definition) is 0. The van der Waals surface area contributed by atoms with Crippen molar-refractivity contribution in [1.82, 2.24) is 24.9 Å². The predicted molar refractivity (Wildman–Crippen MR) is 113 cm³/mol. The van der Waals surface area contributed by atoms with Crippen LogP contribution in [0.15, 0.2) is 59.4 Å². The molecule has 0 bridgehead atoms. The molecule has 0 N–H and O–H groups in total. The van der Waals surface area contributed by atoms with Gasteiger partial charge in [-0.3, -0.25) is 4.79 Å². The van der Waals surface area contributed by atoms with E-state index in [4.69, 9.17) is 4.52 Å². The molecule has 0 fully saturated rings. The summed E-state index contributed by atoms with van der Waals surface area (Å²) < 4.78 is 7.01. The van der Waals surface area contributed by atoms with Crippen LogP contribution in [0.3, 0.4) is 0 Å². The van der Waals surface area contributed by atoms with Crippen LogP contribution in [0.1, 0.15) is 35.2 Å². The zero-order valence-corrected chi connectivity index (χ0v) is 17.1. The molecule has 0 aliphatic carbocycles. The Kier molecular flexibility index (Phi) is 5.38. The number of benzene rings is 1. The van der Waals surface area contributed by atoms with Gasteiger partial charge in [0.15, 0.2) is 11.6 Å². The van der Waals surface area contributed by atoms with Gasteiger partial charge in [0, 0.05) is 30.9 Å². The van der Waals surface area contributed by atoms with Crippen molar-refractivity contribution in [2.24, 2.45) is 0 Å². The standard InChI is InChI=1S/C22H22N6O2/c1-4-8-19-25-21(30-26-19)16-11-12-23-20(13-16)28-15(2)18(14-24-28)22(29)27(3)17-9-6-5-7-10-17/h5-7,9-14H,4,8H2,1-3H3. The fourth-order valence-corrected chi connectivity index (χ4v) is 3.16. The molecule has 0 aliphatic rings. The number of pyridine rings is 1. The topological polar surface area (TPSA) is 89.9 Å². The quantitative estimate of drug-likeness (QED) is 0.487. The Labute approximate surface area is 174 Å². The molecule has 8 heteroatoms. The normalized spacial score (nSPS) is 10.9. The first-order valence-electron chi connectivity index (χ1n) is 9.75. The molecule has 3 heterocycles. The molecule has 152 valence electrons. The van der Waals surface area contributed by atoms with E-state index in [0.717, 1.165) is 24.1 Å². The van der Waals surface area contributed by atoms with Crippen molar-refractivity contribution < 1.29 is 9.32 Å². The summed E-state index contributed by atoms with van der Waals surface area (Å²) in [6.07, 6.45) is 4.94. The number of hydrogen-bond acceptors (Lipinski definition) is 6. The summed E-state index contributed by atoms with van der Waals surface area (Å²) in [7, 11) is 1.75. The smallest absolute Gasteiger partial charge is 0.261 e. The Morgan fingerprint density at radius 1 is 1.20 bits per heavy atom. The van der Waals surface area contributed by atoms with Gasteiger partial charge in [-0.05, 0) is 37.6 Å². The fourth-order valence-electron chi connectivity index (χ4n) is 3.16. The van der Waals surface area contributed by atoms with Gasteiger partial charge in [-0.1, -0.05) is 30.3 Å². The molecule has 0 atom stereocenters. The first-order chi connectivity index (χ1) is 14.6. The van der Waals surface area contributed by atoms with Gasteiger partial charge >= 0.3 is 0 Å². The average Bonchev–Trinajstić information content (AvgIpc) is 3.40. The molecular formula is C22H22N6O2. The summed E-state index contributed by atoms with van der Waals surface area (Å²) in [5.41, 5.74) is 2.77. The molecule has 8 nitrogen and oxygen atoms in total. The Balaban J connectivity index is 1.63. The fraction of sp³-hybridized carbons (Fsp3) is 0.227. The summed E-state index contributed by atoms with van der Waals surface area (Å²) in [6.45, 7) is 3.91. The second-order valence-electron chi connectivity index (χ2n) is 6.92. The van der Waals surface area contributed by atoms with Crippen LogP contribution in [-0.4, -0.2) is 37.9 Å². The zero-order valence-electron chi connectivity index (χ0n) is 17.1. The van der Waals surface area contributed by atoms with Crippen molar-refractivity contribution in [2.75, 3.05) is 11.9 Å². The van der Waals surface area contributed by atoms with Crippen molar-refractivity contribution in [3.8, 4) is 17.3 Å². The van der Waals surface area contributed by atoms with Crippen LogP contribution >= 0.6 is 0 Å². The number of carbonyl (C=O) groups excluding carboxylic acids is 1. The van der Waals surface area contributed by atoms with Gasteiger partial charge < -0.3 is 9.42 Å². The van der Waals surface area contributed by atoms with E-state index in [2.05, 4.69) is 27.1 Å². The van der Waals surface area contributed by atoms with Crippen LogP contribution in [0.4, 0.5) is 5.69 Å². The lowest BCUT2D eigenvalue weighted by Gasteiger charge is -2.17. The second kappa shape index (κ2) is 8.28. The van der Waals surface area contributed by atoms with E-state index in [-0.39, 0.29) is 5.91 Å². The van der Waals surface area contributed by atoms with Crippen molar-refractivity contribution in [3.63, 3.8) is 0 Å². The number of nitrogens with zero attached hydrogens (tertiary/aromatic N) is 6. The number of anilines is 1. The molecular weight excluding hydrogens is 380 g/mol. The van der Waals surface area contributed by atoms with Crippen LogP contribution in [0, 0.1) is 6.92 Å². The van der Waals surface area contributed by atoms with Crippen LogP contribution < -0.4 is 4.90 Å². The Morgan fingerprint density at radius 3 is 2.77 bits per heavy atom. The number of amides is 1. The number of rotatable bonds is 6. The van der Waals surface area contributed by atoms with E-state index in [1.165, 1.54) is 0 Å². The van der Waals surface area contributed by atoms with Crippen molar-refractivity contribution in [2.45, 2.75) is 26.7 Å². The van der Waals surface area contributed by atoms with Crippen molar-refractivity contribution in [3.05, 3.63) is 71.9 Å². The van der Waals surface area contributed by atoms with Gasteiger partial charge in [0.05, 0.1) is 17.5 Å². The average molecular weight is 402 g/mol. The highest BCUT2D eigenvalue weighted by atomic mass is 16.5. The number of aryl methyl sites for hydroxylation is 1. The molecule has 4 aromatic rings. The summed E-state index contributed by atoms with van der Waals surface area (Å²) >= 11 is 0. The number of aromatic nitrogens is 5. The lowest BCUT2D eigenvalue weighted by Crippen LogP contribution is -2.26. The SMILES string of the molecule is CCCc1noc(-c2ccnc(-n3ncc(C(=O)N(C)c4ccccc4)c3C)c2)n1. The Morgan fingerprint density at radius 2 is 2.00 bits per heavy atom. The maximum absolute atomic E-state index is 13.0. The third kappa shape index (κ3) is 3.71. The monoisotopic (exact) mass is 402 g/mol. The minimum absolute atomic E-state index is 0.137. The minimum Gasteiger partial charge on any atom is -0.334 e. The third-order valence-electron chi connectivity index (χ3n) is 4.84. The number of para-hydroxylation sites is 1. The molecule has 0 radical (unpaired) electrons. The van der Waals surface area contributed by atoms with E-state index in [1.807, 2.05) is 43.3 Å². The van der Waals surface area contributed by atoms with Gasteiger partial charge in [-0.15, -0.1) is 0 Å². The first-order valence-corrected chi connectivity index (χ1v) is 9.75. The van der Waals surface area contributed by atoms with E-state index in [1.54, 1.807) is 35.1 Å². The van der Waals surface area contributed by atoms with Gasteiger partial charge in [-0.2, -0.15) is 10.1 Å². The maximum atomic E-state index is 13.0. The summed E-state index contributed by atoms with van der Waals surface area (Å²) in [5.74, 6) is 1.55. The molecule has 1 aromatic carbocycles. The number of carbonyl (C=O) groups is 1.